The number of rotatable bonds is 6. The molecule has 4 heterocycles. The number of nitrogens with zero attached hydrogens (tertiary/aromatic N) is 6. The van der Waals surface area contributed by atoms with Crippen LogP contribution in [0, 0.1) is 0 Å². The third-order valence-corrected chi connectivity index (χ3v) is 8.21. The number of Topliss-reactive ketones (excluding diaryl/α,β-unsaturated/α-hetero) is 1. The summed E-state index contributed by atoms with van der Waals surface area (Å²) in [7, 11) is 2.13. The second-order valence-corrected chi connectivity index (χ2v) is 10.6. The van der Waals surface area contributed by atoms with Crippen molar-refractivity contribution in [3.63, 3.8) is 0 Å². The number of carbonyl (C=O) groups is 1. The van der Waals surface area contributed by atoms with Gasteiger partial charge < -0.3 is 14.6 Å². The second-order valence-electron chi connectivity index (χ2n) is 10.6. The average molecular weight is 504 g/mol. The highest BCUT2D eigenvalue weighted by Crippen LogP contribution is 2.47. The maximum atomic E-state index is 13.1. The van der Waals surface area contributed by atoms with Gasteiger partial charge in [0.2, 0.25) is 5.88 Å². The first-order valence-electron chi connectivity index (χ1n) is 13.4. The Morgan fingerprint density at radius 1 is 1.16 bits per heavy atom. The van der Waals surface area contributed by atoms with Crippen molar-refractivity contribution in [2.75, 3.05) is 18.9 Å². The van der Waals surface area contributed by atoms with Gasteiger partial charge in [0.05, 0.1) is 5.41 Å². The van der Waals surface area contributed by atoms with Crippen LogP contribution in [-0.2, 0) is 16.6 Å². The minimum Gasteiger partial charge on any atom is -0.473 e. The normalized spacial score (nSPS) is 24.7. The van der Waals surface area contributed by atoms with Gasteiger partial charge in [-0.05, 0) is 77.6 Å². The zero-order valence-corrected chi connectivity index (χ0v) is 21.4. The topological polar surface area (TPSA) is 119 Å². The molecule has 194 valence electrons. The van der Waals surface area contributed by atoms with Crippen LogP contribution in [0.1, 0.15) is 69.6 Å². The third-order valence-electron chi connectivity index (χ3n) is 8.21. The smallest absolute Gasteiger partial charge is 0.219 e. The molecule has 1 saturated carbocycles. The molecule has 2 aliphatic carbocycles. The van der Waals surface area contributed by atoms with Gasteiger partial charge in [-0.15, -0.1) is 5.10 Å². The molecule has 6 rings (SSSR count). The van der Waals surface area contributed by atoms with E-state index in [1.165, 1.54) is 0 Å². The highest BCUT2D eigenvalue weighted by Gasteiger charge is 2.48. The maximum Gasteiger partial charge on any atom is 0.219 e. The Hall–Kier alpha value is -3.40. The molecule has 0 amide bonds. The average Bonchev–Trinajstić information content (AvgIpc) is 3.53. The summed E-state index contributed by atoms with van der Waals surface area (Å²) in [6, 6.07) is 5.73. The number of likely N-dealkylation sites (tertiary alicyclic amines) is 1. The van der Waals surface area contributed by atoms with Crippen LogP contribution in [0.4, 0.5) is 11.6 Å². The summed E-state index contributed by atoms with van der Waals surface area (Å²) < 4.78 is 12.3. The summed E-state index contributed by atoms with van der Waals surface area (Å²) in [5, 5.41) is 15.7. The van der Waals surface area contributed by atoms with Gasteiger partial charge in [-0.25, -0.2) is 4.98 Å². The number of ketones is 1. The predicted octanol–water partition coefficient (Wildman–Crippen LogP) is 4.24. The first-order chi connectivity index (χ1) is 18.0. The maximum absolute atomic E-state index is 13.1. The van der Waals surface area contributed by atoms with Crippen LogP contribution >= 0.6 is 0 Å². The van der Waals surface area contributed by atoms with Crippen molar-refractivity contribution < 1.29 is 14.1 Å². The third kappa shape index (κ3) is 4.47. The molecular weight excluding hydrogens is 470 g/mol. The van der Waals surface area contributed by atoms with Crippen LogP contribution < -0.4 is 10.1 Å². The van der Waals surface area contributed by atoms with E-state index in [1.54, 1.807) is 12.3 Å². The number of hydrogen-bond donors (Lipinski definition) is 1. The molecule has 1 N–H and O–H groups in total. The summed E-state index contributed by atoms with van der Waals surface area (Å²) in [6.45, 7) is 3.15. The van der Waals surface area contributed by atoms with E-state index in [1.807, 2.05) is 12.1 Å². The van der Waals surface area contributed by atoms with E-state index in [0.29, 0.717) is 41.5 Å². The van der Waals surface area contributed by atoms with Gasteiger partial charge in [-0.3, -0.25) is 9.69 Å². The van der Waals surface area contributed by atoms with E-state index >= 15 is 0 Å². The molecule has 0 radical (unpaired) electrons. The number of anilines is 2. The molecule has 1 saturated heterocycles. The molecule has 0 aromatic carbocycles. The van der Waals surface area contributed by atoms with Crippen LogP contribution in [0.25, 0.3) is 11.5 Å². The monoisotopic (exact) mass is 503 g/mol. The zero-order valence-electron chi connectivity index (χ0n) is 21.4. The SMILES string of the molecule is C[C@H](Oc1cc(Nc2cccnn2)nc(-c2noc3c2CCC[C@@]32CCCCC2=O)n1)[C@@H]1CCCN1C. The van der Waals surface area contributed by atoms with Crippen molar-refractivity contribution in [3.8, 4) is 17.4 Å². The number of carbonyl (C=O) groups excluding carboxylic acids is 1. The quantitative estimate of drug-likeness (QED) is 0.523. The van der Waals surface area contributed by atoms with E-state index in [9.17, 15) is 4.79 Å². The molecule has 2 fully saturated rings. The summed E-state index contributed by atoms with van der Waals surface area (Å²) >= 11 is 0. The highest BCUT2D eigenvalue weighted by molar-refractivity contribution is 5.91. The molecule has 3 aromatic heterocycles. The molecule has 1 spiro atoms. The lowest BCUT2D eigenvalue weighted by Crippen LogP contribution is -2.41. The van der Waals surface area contributed by atoms with E-state index in [-0.39, 0.29) is 11.9 Å². The molecular formula is C27H33N7O3. The fourth-order valence-electron chi connectivity index (χ4n) is 6.32. The van der Waals surface area contributed by atoms with Crippen molar-refractivity contribution in [2.45, 2.75) is 82.3 Å². The van der Waals surface area contributed by atoms with Gasteiger partial charge in [0.25, 0.3) is 0 Å². The molecule has 3 atom stereocenters. The molecule has 1 aliphatic heterocycles. The molecule has 10 heteroatoms. The zero-order chi connectivity index (χ0) is 25.4. The Balaban J connectivity index is 1.38. The van der Waals surface area contributed by atoms with Crippen LogP contribution in [-0.4, -0.2) is 61.7 Å². The fraction of sp³-hybridized carbons (Fsp3) is 0.556. The number of nitrogens with one attached hydrogen (secondary N) is 1. The van der Waals surface area contributed by atoms with E-state index < -0.39 is 5.41 Å². The summed E-state index contributed by atoms with van der Waals surface area (Å²) in [5.74, 6) is 2.97. The molecule has 10 nitrogen and oxygen atoms in total. The molecule has 37 heavy (non-hydrogen) atoms. The van der Waals surface area contributed by atoms with E-state index in [4.69, 9.17) is 19.2 Å². The number of likely N-dealkylation sites (N-methyl/N-ethyl adjacent to an activating group) is 1. The van der Waals surface area contributed by atoms with Gasteiger partial charge in [0.1, 0.15) is 17.7 Å². The Labute approximate surface area is 216 Å². The number of fused-ring (bicyclic) bond motifs is 2. The van der Waals surface area contributed by atoms with Gasteiger partial charge in [-0.2, -0.15) is 10.1 Å². The molecule has 0 unspecified atom stereocenters. The van der Waals surface area contributed by atoms with E-state index in [0.717, 1.165) is 69.2 Å². The lowest BCUT2D eigenvalue weighted by atomic mass is 9.64. The fourth-order valence-corrected chi connectivity index (χ4v) is 6.32. The first-order valence-corrected chi connectivity index (χ1v) is 13.4. The van der Waals surface area contributed by atoms with Crippen LogP contribution in [0.2, 0.25) is 0 Å². The van der Waals surface area contributed by atoms with Crippen molar-refractivity contribution >= 4 is 17.4 Å². The minimum atomic E-state index is -0.548. The van der Waals surface area contributed by atoms with Crippen molar-refractivity contribution in [1.82, 2.24) is 30.2 Å². The summed E-state index contributed by atoms with van der Waals surface area (Å²) in [4.78, 5) is 25.0. The molecule has 0 bridgehead atoms. The predicted molar refractivity (Wildman–Crippen MR) is 137 cm³/mol. The van der Waals surface area contributed by atoms with Crippen LogP contribution in [0.15, 0.2) is 28.9 Å². The highest BCUT2D eigenvalue weighted by atomic mass is 16.5. The summed E-state index contributed by atoms with van der Waals surface area (Å²) in [6.07, 6.45) is 9.76. The number of hydrogen-bond acceptors (Lipinski definition) is 10. The summed E-state index contributed by atoms with van der Waals surface area (Å²) in [5.41, 5.74) is 0.992. The van der Waals surface area contributed by atoms with Crippen LogP contribution in [0.3, 0.4) is 0 Å². The Kier molecular flexibility index (Phi) is 6.36. The van der Waals surface area contributed by atoms with Crippen molar-refractivity contribution in [2.24, 2.45) is 0 Å². The standard InChI is InChI=1S/C27H33N7O3/c1-17(19-9-7-15-34(19)2)36-23-16-22(29-21-11-6-14-28-32-21)30-26(31-23)24-18-8-5-13-27(25(18)37-33-24)12-4-3-10-20(27)35/h6,11,14,16-17,19H,3-5,7-10,12-13,15H2,1-2H3,(H,29,30,31,32)/t17-,19-,27+/m0/s1. The molecule has 3 aliphatic rings. The Bertz CT molecular complexity index is 1280. The first kappa shape index (κ1) is 24.0. The second kappa shape index (κ2) is 9.81. The Morgan fingerprint density at radius 2 is 2.05 bits per heavy atom. The van der Waals surface area contributed by atoms with Crippen LogP contribution in [0.5, 0.6) is 5.88 Å². The number of aromatic nitrogens is 5. The van der Waals surface area contributed by atoms with Gasteiger partial charge in [-0.1, -0.05) is 11.6 Å². The largest absolute Gasteiger partial charge is 0.473 e. The van der Waals surface area contributed by atoms with Gasteiger partial charge >= 0.3 is 0 Å². The lowest BCUT2D eigenvalue weighted by Gasteiger charge is -2.36. The van der Waals surface area contributed by atoms with Crippen molar-refractivity contribution in [1.29, 1.82) is 0 Å². The molecule has 3 aromatic rings. The number of ether oxygens (including phenoxy) is 1. The Morgan fingerprint density at radius 3 is 2.84 bits per heavy atom. The van der Waals surface area contributed by atoms with Gasteiger partial charge in [0.15, 0.2) is 23.1 Å². The van der Waals surface area contributed by atoms with Crippen molar-refractivity contribution in [3.05, 3.63) is 35.7 Å². The van der Waals surface area contributed by atoms with E-state index in [2.05, 4.69) is 39.5 Å². The lowest BCUT2D eigenvalue weighted by molar-refractivity contribution is -0.128. The minimum absolute atomic E-state index is 0.0472. The van der Waals surface area contributed by atoms with Gasteiger partial charge in [0, 0.05) is 30.3 Å².